The summed E-state index contributed by atoms with van der Waals surface area (Å²) in [4.78, 5) is 12.4. The second kappa shape index (κ2) is 7.68. The number of hydrogen-bond acceptors (Lipinski definition) is 2. The maximum absolute atomic E-state index is 12.9. The minimum Gasteiger partial charge on any atom is -0.496 e. The maximum atomic E-state index is 12.9. The zero-order valence-corrected chi connectivity index (χ0v) is 14.7. The van der Waals surface area contributed by atoms with Gasteiger partial charge in [-0.3, -0.25) is 4.79 Å². The van der Waals surface area contributed by atoms with E-state index in [0.29, 0.717) is 18.9 Å². The molecular weight excluding hydrogens is 317 g/mol. The zero-order valence-electron chi connectivity index (χ0n) is 14.7. The van der Waals surface area contributed by atoms with Gasteiger partial charge in [-0.05, 0) is 66.5 Å². The summed E-state index contributed by atoms with van der Waals surface area (Å²) in [6.07, 6.45) is 2.85. The van der Waals surface area contributed by atoms with Crippen molar-refractivity contribution in [1.29, 1.82) is 0 Å². The van der Waals surface area contributed by atoms with Gasteiger partial charge in [0.15, 0.2) is 0 Å². The number of rotatable bonds is 7. The molecule has 0 saturated heterocycles. The quantitative estimate of drug-likeness (QED) is 0.813. The molecule has 0 spiro atoms. The highest BCUT2D eigenvalue weighted by atomic mass is 19.1. The van der Waals surface area contributed by atoms with Gasteiger partial charge >= 0.3 is 0 Å². The minimum absolute atomic E-state index is 0.0368. The van der Waals surface area contributed by atoms with Crippen LogP contribution in [-0.4, -0.2) is 13.0 Å². The van der Waals surface area contributed by atoms with E-state index in [2.05, 4.69) is 17.4 Å². The summed E-state index contributed by atoms with van der Waals surface area (Å²) in [6, 6.07) is 12.4. The van der Waals surface area contributed by atoms with Crippen LogP contribution >= 0.6 is 0 Å². The van der Waals surface area contributed by atoms with Gasteiger partial charge in [0, 0.05) is 13.0 Å². The molecule has 1 N–H and O–H groups in total. The smallest absolute Gasteiger partial charge is 0.220 e. The molecule has 1 fully saturated rings. The highest BCUT2D eigenvalue weighted by Gasteiger charge is 2.33. The Bertz CT molecular complexity index is 738. The molecule has 3 nitrogen and oxygen atoms in total. The third kappa shape index (κ3) is 4.59. The molecular formula is C21H24FNO2. The molecule has 0 heterocycles. The van der Waals surface area contributed by atoms with Crippen molar-refractivity contribution in [1.82, 2.24) is 5.32 Å². The van der Waals surface area contributed by atoms with Crippen molar-refractivity contribution in [3.63, 3.8) is 0 Å². The van der Waals surface area contributed by atoms with Crippen LogP contribution in [0.3, 0.4) is 0 Å². The molecule has 1 unspecified atom stereocenters. The van der Waals surface area contributed by atoms with Gasteiger partial charge in [0.1, 0.15) is 11.6 Å². The Hall–Kier alpha value is -2.36. The van der Waals surface area contributed by atoms with Crippen LogP contribution in [0.25, 0.3) is 0 Å². The fourth-order valence-corrected chi connectivity index (χ4v) is 3.26. The number of nitrogens with one attached hydrogen (secondary N) is 1. The number of amides is 1. The fraction of sp³-hybridized carbons (Fsp3) is 0.381. The summed E-state index contributed by atoms with van der Waals surface area (Å²) >= 11 is 0. The molecule has 0 aromatic heterocycles. The van der Waals surface area contributed by atoms with Crippen LogP contribution in [0.2, 0.25) is 0 Å². The summed E-state index contributed by atoms with van der Waals surface area (Å²) in [5.41, 5.74) is 3.20. The molecule has 4 heteroatoms. The highest BCUT2D eigenvalue weighted by Crippen LogP contribution is 2.45. The van der Waals surface area contributed by atoms with Gasteiger partial charge in [0.25, 0.3) is 0 Å². The molecule has 1 aliphatic carbocycles. The topological polar surface area (TPSA) is 38.3 Å². The number of aryl methyl sites for hydroxylation is 1. The summed E-state index contributed by atoms with van der Waals surface area (Å²) < 4.78 is 18.3. The van der Waals surface area contributed by atoms with Gasteiger partial charge in [-0.2, -0.15) is 0 Å². The molecule has 25 heavy (non-hydrogen) atoms. The zero-order chi connectivity index (χ0) is 17.8. The molecule has 1 amide bonds. The lowest BCUT2D eigenvalue weighted by Crippen LogP contribution is -2.25. The van der Waals surface area contributed by atoms with Gasteiger partial charge in [-0.1, -0.05) is 24.3 Å². The fourth-order valence-electron chi connectivity index (χ4n) is 3.26. The normalized spacial score (nSPS) is 14.8. The van der Waals surface area contributed by atoms with E-state index in [4.69, 9.17) is 4.74 Å². The number of carbonyl (C=O) groups is 1. The number of methoxy groups -OCH3 is 1. The van der Waals surface area contributed by atoms with E-state index in [-0.39, 0.29) is 17.6 Å². The Labute approximate surface area is 148 Å². The molecule has 1 atom stereocenters. The van der Waals surface area contributed by atoms with Crippen LogP contribution in [0.15, 0.2) is 42.5 Å². The monoisotopic (exact) mass is 341 g/mol. The predicted octanol–water partition coefficient (Wildman–Crippen LogP) is 4.34. The van der Waals surface area contributed by atoms with Crippen molar-refractivity contribution in [3.8, 4) is 5.75 Å². The average Bonchev–Trinajstić information content (AvgIpc) is 3.44. The Morgan fingerprint density at radius 2 is 1.96 bits per heavy atom. The lowest BCUT2D eigenvalue weighted by Gasteiger charge is -2.18. The van der Waals surface area contributed by atoms with E-state index < -0.39 is 0 Å². The Balaban J connectivity index is 1.62. The van der Waals surface area contributed by atoms with Gasteiger partial charge in [0.05, 0.1) is 7.11 Å². The van der Waals surface area contributed by atoms with Crippen LogP contribution < -0.4 is 10.1 Å². The number of benzene rings is 2. The van der Waals surface area contributed by atoms with Crippen LogP contribution in [0.4, 0.5) is 4.39 Å². The Kier molecular flexibility index (Phi) is 5.37. The lowest BCUT2D eigenvalue weighted by atomic mass is 9.89. The van der Waals surface area contributed by atoms with E-state index in [1.165, 1.54) is 30.5 Å². The van der Waals surface area contributed by atoms with Gasteiger partial charge in [-0.25, -0.2) is 4.39 Å². The summed E-state index contributed by atoms with van der Waals surface area (Å²) in [6.45, 7) is 2.46. The molecule has 0 radical (unpaired) electrons. The van der Waals surface area contributed by atoms with E-state index in [9.17, 15) is 9.18 Å². The van der Waals surface area contributed by atoms with E-state index in [1.54, 1.807) is 19.2 Å². The molecule has 1 saturated carbocycles. The summed E-state index contributed by atoms with van der Waals surface area (Å²) in [7, 11) is 1.67. The Morgan fingerprint density at radius 3 is 2.56 bits per heavy atom. The first-order valence-corrected chi connectivity index (χ1v) is 8.72. The van der Waals surface area contributed by atoms with Crippen LogP contribution in [0, 0.1) is 18.7 Å². The summed E-state index contributed by atoms with van der Waals surface area (Å²) in [5.74, 6) is 1.48. The molecule has 2 aromatic rings. The Morgan fingerprint density at radius 1 is 1.24 bits per heavy atom. The number of halogens is 1. The van der Waals surface area contributed by atoms with Crippen molar-refractivity contribution in [3.05, 3.63) is 65.0 Å². The first-order chi connectivity index (χ1) is 12.1. The largest absolute Gasteiger partial charge is 0.496 e. The first kappa shape index (κ1) is 17.5. The van der Waals surface area contributed by atoms with Crippen molar-refractivity contribution < 1.29 is 13.9 Å². The van der Waals surface area contributed by atoms with Crippen molar-refractivity contribution in [2.45, 2.75) is 38.6 Å². The molecule has 1 aliphatic rings. The molecule has 3 rings (SSSR count). The van der Waals surface area contributed by atoms with E-state index in [1.807, 2.05) is 13.0 Å². The molecule has 0 aliphatic heterocycles. The minimum atomic E-state index is -0.265. The van der Waals surface area contributed by atoms with Crippen LogP contribution in [0.5, 0.6) is 5.75 Å². The van der Waals surface area contributed by atoms with Crippen LogP contribution in [-0.2, 0) is 11.3 Å². The number of ether oxygens (including phenoxy) is 1. The number of carbonyl (C=O) groups excluding carboxylic acids is 1. The van der Waals surface area contributed by atoms with Crippen molar-refractivity contribution in [2.24, 2.45) is 5.92 Å². The van der Waals surface area contributed by atoms with Gasteiger partial charge in [0.2, 0.25) is 5.91 Å². The second-order valence-electron chi connectivity index (χ2n) is 6.78. The summed E-state index contributed by atoms with van der Waals surface area (Å²) in [5, 5.41) is 2.95. The molecule has 132 valence electrons. The van der Waals surface area contributed by atoms with Gasteiger partial charge < -0.3 is 10.1 Å². The third-order valence-electron chi connectivity index (χ3n) is 4.85. The third-order valence-corrected chi connectivity index (χ3v) is 4.85. The molecule has 2 aromatic carbocycles. The van der Waals surface area contributed by atoms with Crippen LogP contribution in [0.1, 0.15) is 41.9 Å². The van der Waals surface area contributed by atoms with E-state index >= 15 is 0 Å². The molecule has 0 bridgehead atoms. The highest BCUT2D eigenvalue weighted by molar-refractivity contribution is 5.77. The SMILES string of the molecule is COc1ccc(C(CC(=O)NCc2ccc(F)cc2)C2CC2)cc1C. The van der Waals surface area contributed by atoms with Gasteiger partial charge in [-0.15, -0.1) is 0 Å². The first-order valence-electron chi connectivity index (χ1n) is 8.72. The average molecular weight is 341 g/mol. The van der Waals surface area contributed by atoms with E-state index in [0.717, 1.165) is 16.9 Å². The standard InChI is InChI=1S/C21H24FNO2/c1-14-11-17(7-10-20(14)25-2)19(16-5-6-16)12-21(24)23-13-15-3-8-18(22)9-4-15/h3-4,7-11,16,19H,5-6,12-13H2,1-2H3,(H,23,24). The lowest BCUT2D eigenvalue weighted by molar-refractivity contribution is -0.121. The maximum Gasteiger partial charge on any atom is 0.220 e. The number of hydrogen-bond donors (Lipinski definition) is 1. The van der Waals surface area contributed by atoms with Crippen molar-refractivity contribution in [2.75, 3.05) is 7.11 Å². The second-order valence-corrected chi connectivity index (χ2v) is 6.78. The predicted molar refractivity (Wildman–Crippen MR) is 96.1 cm³/mol. The van der Waals surface area contributed by atoms with Crippen molar-refractivity contribution >= 4 is 5.91 Å².